The van der Waals surface area contributed by atoms with E-state index in [0.717, 1.165) is 17.1 Å². The molecule has 0 bridgehead atoms. The van der Waals surface area contributed by atoms with E-state index in [1.165, 1.54) is 4.57 Å². The van der Waals surface area contributed by atoms with Gasteiger partial charge in [-0.2, -0.15) is 11.8 Å². The van der Waals surface area contributed by atoms with E-state index in [1.807, 2.05) is 13.0 Å². The number of sulfone groups is 1. The largest absolute Gasteiger partial charge is 0.319 e. The Morgan fingerprint density at radius 3 is 2.67 bits per heavy atom. The predicted octanol–water partition coefficient (Wildman–Crippen LogP) is 1.05. The highest BCUT2D eigenvalue weighted by molar-refractivity contribution is 7.99. The molecule has 1 aromatic heterocycles. The average molecular weight is 287 g/mol. The Hall–Kier alpha value is -0.750. The van der Waals surface area contributed by atoms with E-state index >= 15 is 0 Å². The van der Waals surface area contributed by atoms with Crippen molar-refractivity contribution in [2.75, 3.05) is 17.3 Å². The van der Waals surface area contributed by atoms with Crippen molar-refractivity contribution in [1.82, 2.24) is 4.57 Å². The topological polar surface area (TPSA) is 56.1 Å². The minimum atomic E-state index is -2.76. The summed E-state index contributed by atoms with van der Waals surface area (Å²) in [6, 6.07) is 3.56. The lowest BCUT2D eigenvalue weighted by atomic mass is 9.98. The molecule has 1 aromatic rings. The van der Waals surface area contributed by atoms with Crippen LogP contribution in [0.4, 0.5) is 0 Å². The van der Waals surface area contributed by atoms with Gasteiger partial charge in [-0.05, 0) is 11.6 Å². The SMILES string of the molecule is Cn1ccc(CSCC2(C)CS(=O)(=O)C2)cc1=O. The Kier molecular flexibility index (Phi) is 3.60. The number of aryl methyl sites for hydroxylation is 1. The average Bonchev–Trinajstić information content (AvgIpc) is 2.20. The van der Waals surface area contributed by atoms with Crippen molar-refractivity contribution in [3.05, 3.63) is 34.2 Å². The van der Waals surface area contributed by atoms with Gasteiger partial charge in [0.05, 0.1) is 11.5 Å². The molecular formula is C12H17NO3S2. The fraction of sp³-hybridized carbons (Fsp3) is 0.583. The highest BCUT2D eigenvalue weighted by Gasteiger charge is 2.44. The first-order chi connectivity index (χ1) is 8.30. The summed E-state index contributed by atoms with van der Waals surface area (Å²) in [4.78, 5) is 11.4. The molecule has 1 fully saturated rings. The first-order valence-corrected chi connectivity index (χ1v) is 8.71. The van der Waals surface area contributed by atoms with Gasteiger partial charge >= 0.3 is 0 Å². The molecule has 6 heteroatoms. The normalized spacial score (nSPS) is 20.3. The number of pyridine rings is 1. The maximum absolute atomic E-state index is 11.4. The summed E-state index contributed by atoms with van der Waals surface area (Å²) in [6.45, 7) is 2.01. The number of rotatable bonds is 4. The summed E-state index contributed by atoms with van der Waals surface area (Å²) in [5, 5.41) is 0. The summed E-state index contributed by atoms with van der Waals surface area (Å²) in [5.41, 5.74) is 0.905. The zero-order chi connectivity index (χ0) is 13.4. The number of nitrogens with zero attached hydrogens (tertiary/aromatic N) is 1. The lowest BCUT2D eigenvalue weighted by Gasteiger charge is -2.37. The molecule has 0 N–H and O–H groups in total. The monoisotopic (exact) mass is 287 g/mol. The van der Waals surface area contributed by atoms with Crippen molar-refractivity contribution in [2.45, 2.75) is 12.7 Å². The van der Waals surface area contributed by atoms with Crippen LogP contribution in [0.2, 0.25) is 0 Å². The van der Waals surface area contributed by atoms with Gasteiger partial charge in [-0.15, -0.1) is 0 Å². The molecule has 0 spiro atoms. The molecule has 0 aliphatic carbocycles. The minimum Gasteiger partial charge on any atom is -0.319 e. The molecule has 0 unspecified atom stereocenters. The summed E-state index contributed by atoms with van der Waals surface area (Å²) in [7, 11) is -1.04. The van der Waals surface area contributed by atoms with Crippen LogP contribution < -0.4 is 5.56 Å². The Bertz CT molecular complexity index is 592. The van der Waals surface area contributed by atoms with Crippen LogP contribution >= 0.6 is 11.8 Å². The van der Waals surface area contributed by atoms with Crippen molar-refractivity contribution in [3.8, 4) is 0 Å². The maximum atomic E-state index is 11.4. The summed E-state index contributed by atoms with van der Waals surface area (Å²) >= 11 is 1.69. The van der Waals surface area contributed by atoms with Crippen LogP contribution in [0.5, 0.6) is 0 Å². The van der Waals surface area contributed by atoms with Gasteiger partial charge in [0.15, 0.2) is 9.84 Å². The van der Waals surface area contributed by atoms with E-state index in [0.29, 0.717) is 11.5 Å². The zero-order valence-corrected chi connectivity index (χ0v) is 12.2. The van der Waals surface area contributed by atoms with E-state index in [-0.39, 0.29) is 11.0 Å². The highest BCUT2D eigenvalue weighted by Crippen LogP contribution is 2.36. The third kappa shape index (κ3) is 3.17. The van der Waals surface area contributed by atoms with Gasteiger partial charge in [0.2, 0.25) is 0 Å². The lowest BCUT2D eigenvalue weighted by Crippen LogP contribution is -2.48. The molecule has 2 rings (SSSR count). The van der Waals surface area contributed by atoms with E-state index < -0.39 is 9.84 Å². The summed E-state index contributed by atoms with van der Waals surface area (Å²) in [6.07, 6.45) is 1.76. The summed E-state index contributed by atoms with van der Waals surface area (Å²) < 4.78 is 23.9. The molecule has 0 atom stereocenters. The van der Waals surface area contributed by atoms with Gasteiger partial charge in [0, 0.05) is 36.2 Å². The first-order valence-electron chi connectivity index (χ1n) is 5.73. The summed E-state index contributed by atoms with van der Waals surface area (Å²) in [5.74, 6) is 2.17. The van der Waals surface area contributed by atoms with Gasteiger partial charge in [0.1, 0.15) is 0 Å². The van der Waals surface area contributed by atoms with Crippen molar-refractivity contribution in [2.24, 2.45) is 12.5 Å². The molecule has 0 saturated carbocycles. The Morgan fingerprint density at radius 2 is 2.11 bits per heavy atom. The second kappa shape index (κ2) is 4.74. The van der Waals surface area contributed by atoms with E-state index in [1.54, 1.807) is 31.1 Å². The number of thioether (sulfide) groups is 1. The second-order valence-corrected chi connectivity index (χ2v) is 8.37. The van der Waals surface area contributed by atoms with Crippen molar-refractivity contribution >= 4 is 21.6 Å². The third-order valence-corrected chi connectivity index (χ3v) is 6.74. The van der Waals surface area contributed by atoms with Gasteiger partial charge in [0.25, 0.3) is 5.56 Å². The van der Waals surface area contributed by atoms with Crippen molar-refractivity contribution in [3.63, 3.8) is 0 Å². The smallest absolute Gasteiger partial charge is 0.250 e. The molecule has 18 heavy (non-hydrogen) atoms. The predicted molar refractivity (Wildman–Crippen MR) is 74.6 cm³/mol. The third-order valence-electron chi connectivity index (χ3n) is 3.02. The van der Waals surface area contributed by atoms with Gasteiger partial charge < -0.3 is 4.57 Å². The second-order valence-electron chi connectivity index (χ2n) is 5.32. The lowest BCUT2D eigenvalue weighted by molar-refractivity contribution is 0.420. The van der Waals surface area contributed by atoms with Crippen LogP contribution in [0.15, 0.2) is 23.1 Å². The van der Waals surface area contributed by atoms with Crippen LogP contribution in [0, 0.1) is 5.41 Å². The molecule has 1 aliphatic heterocycles. The van der Waals surface area contributed by atoms with Gasteiger partial charge in [-0.25, -0.2) is 8.42 Å². The number of hydrogen-bond acceptors (Lipinski definition) is 4. The molecule has 1 aliphatic rings. The molecule has 2 heterocycles. The molecule has 0 amide bonds. The molecule has 0 radical (unpaired) electrons. The molecule has 4 nitrogen and oxygen atoms in total. The fourth-order valence-corrected chi connectivity index (χ4v) is 5.91. The first kappa shape index (κ1) is 13.7. The van der Waals surface area contributed by atoms with Crippen LogP contribution in [0.3, 0.4) is 0 Å². The van der Waals surface area contributed by atoms with Gasteiger partial charge in [-0.1, -0.05) is 6.92 Å². The van der Waals surface area contributed by atoms with Gasteiger partial charge in [-0.3, -0.25) is 4.79 Å². The number of hydrogen-bond donors (Lipinski definition) is 0. The standard InChI is InChI=1S/C12H17NO3S2/c1-12(8-18(15,16)9-12)7-17-6-10-3-4-13(2)11(14)5-10/h3-5H,6-9H2,1-2H3. The highest BCUT2D eigenvalue weighted by atomic mass is 32.2. The Balaban J connectivity index is 1.86. The number of aromatic nitrogens is 1. The molecule has 1 saturated heterocycles. The van der Waals surface area contributed by atoms with E-state index in [2.05, 4.69) is 0 Å². The van der Waals surface area contributed by atoms with Crippen molar-refractivity contribution in [1.29, 1.82) is 0 Å². The Labute approximate surface area is 111 Å². The quantitative estimate of drug-likeness (QED) is 0.831. The van der Waals surface area contributed by atoms with Crippen LogP contribution in [-0.4, -0.2) is 30.2 Å². The van der Waals surface area contributed by atoms with E-state index in [4.69, 9.17) is 0 Å². The van der Waals surface area contributed by atoms with E-state index in [9.17, 15) is 13.2 Å². The van der Waals surface area contributed by atoms with Crippen LogP contribution in [0.25, 0.3) is 0 Å². The molecule has 100 valence electrons. The molecule has 0 aromatic carbocycles. The Morgan fingerprint density at radius 1 is 1.44 bits per heavy atom. The van der Waals surface area contributed by atoms with Crippen molar-refractivity contribution < 1.29 is 8.42 Å². The van der Waals surface area contributed by atoms with Crippen LogP contribution in [0.1, 0.15) is 12.5 Å². The van der Waals surface area contributed by atoms with Crippen LogP contribution in [-0.2, 0) is 22.6 Å². The fourth-order valence-electron chi connectivity index (χ4n) is 2.20. The minimum absolute atomic E-state index is 0.00877. The maximum Gasteiger partial charge on any atom is 0.250 e. The molecular weight excluding hydrogens is 270 g/mol. The zero-order valence-electron chi connectivity index (χ0n) is 10.5.